The van der Waals surface area contributed by atoms with E-state index in [0.717, 1.165) is 19.3 Å². The maximum Gasteiger partial charge on any atom is 0.223 e. The fraction of sp³-hybridized carbons (Fsp3) is 0.588. The van der Waals surface area contributed by atoms with Crippen LogP contribution in [-0.4, -0.2) is 11.9 Å². The molecule has 3 rings (SSSR count). The Morgan fingerprint density at radius 2 is 1.95 bits per heavy atom. The molecule has 1 aromatic rings. The predicted molar refractivity (Wildman–Crippen MR) is 76.9 cm³/mol. The largest absolute Gasteiger partial charge is 0.352 e. The SMILES string of the molecule is CCCC[C@H]1C[C@@H]1C(=O)NC1Cc2ccccc2C1. The number of hydrogen-bond acceptors (Lipinski definition) is 1. The molecule has 2 atom stereocenters. The van der Waals surface area contributed by atoms with E-state index in [1.165, 1.54) is 30.4 Å². The molecule has 1 fully saturated rings. The molecule has 19 heavy (non-hydrogen) atoms. The fourth-order valence-corrected chi connectivity index (χ4v) is 3.32. The van der Waals surface area contributed by atoms with Gasteiger partial charge in [0.25, 0.3) is 0 Å². The number of benzene rings is 1. The molecule has 0 aromatic heterocycles. The lowest BCUT2D eigenvalue weighted by atomic mass is 10.1. The van der Waals surface area contributed by atoms with Gasteiger partial charge in [-0.15, -0.1) is 0 Å². The van der Waals surface area contributed by atoms with E-state index in [1.807, 2.05) is 0 Å². The summed E-state index contributed by atoms with van der Waals surface area (Å²) in [7, 11) is 0. The van der Waals surface area contributed by atoms with Crippen molar-refractivity contribution in [1.82, 2.24) is 5.32 Å². The molecule has 1 aromatic carbocycles. The summed E-state index contributed by atoms with van der Waals surface area (Å²) in [6, 6.07) is 8.87. The molecular weight excluding hydrogens is 234 g/mol. The molecule has 2 nitrogen and oxygen atoms in total. The Balaban J connectivity index is 1.48. The van der Waals surface area contributed by atoms with Crippen LogP contribution in [0.5, 0.6) is 0 Å². The van der Waals surface area contributed by atoms with Crippen molar-refractivity contribution in [3.8, 4) is 0 Å². The van der Waals surface area contributed by atoms with Gasteiger partial charge >= 0.3 is 0 Å². The molecule has 0 heterocycles. The Labute approximate surface area is 115 Å². The summed E-state index contributed by atoms with van der Waals surface area (Å²) in [6.07, 6.45) is 6.87. The van der Waals surface area contributed by atoms with Crippen LogP contribution < -0.4 is 5.32 Å². The maximum absolute atomic E-state index is 12.2. The standard InChI is InChI=1S/C17H23NO/c1-2-3-6-14-11-16(14)17(19)18-15-9-12-7-4-5-8-13(12)10-15/h4-5,7-8,14-16H,2-3,6,9-11H2,1H3,(H,18,19)/t14-,16-/m0/s1. The Bertz CT molecular complexity index is 443. The van der Waals surface area contributed by atoms with Crippen LogP contribution in [0, 0.1) is 11.8 Å². The highest BCUT2D eigenvalue weighted by Gasteiger charge is 2.42. The van der Waals surface area contributed by atoms with Crippen LogP contribution >= 0.6 is 0 Å². The minimum Gasteiger partial charge on any atom is -0.352 e. The van der Waals surface area contributed by atoms with Gasteiger partial charge in [-0.3, -0.25) is 4.79 Å². The highest BCUT2D eigenvalue weighted by molar-refractivity contribution is 5.82. The van der Waals surface area contributed by atoms with Crippen molar-refractivity contribution in [2.45, 2.75) is 51.5 Å². The summed E-state index contributed by atoms with van der Waals surface area (Å²) in [5.41, 5.74) is 2.82. The van der Waals surface area contributed by atoms with Gasteiger partial charge in [-0.25, -0.2) is 0 Å². The van der Waals surface area contributed by atoms with Crippen LogP contribution in [0.2, 0.25) is 0 Å². The Morgan fingerprint density at radius 1 is 1.26 bits per heavy atom. The molecule has 0 radical (unpaired) electrons. The van der Waals surface area contributed by atoms with Gasteiger partial charge < -0.3 is 5.32 Å². The Kier molecular flexibility index (Phi) is 3.58. The maximum atomic E-state index is 12.2. The molecule has 2 aliphatic carbocycles. The van der Waals surface area contributed by atoms with Crippen molar-refractivity contribution in [2.24, 2.45) is 11.8 Å². The van der Waals surface area contributed by atoms with Gasteiger partial charge in [-0.05, 0) is 42.7 Å². The van der Waals surface area contributed by atoms with Crippen LogP contribution in [0.4, 0.5) is 0 Å². The third-order valence-corrected chi connectivity index (χ3v) is 4.59. The van der Waals surface area contributed by atoms with Crippen LogP contribution in [0.3, 0.4) is 0 Å². The van der Waals surface area contributed by atoms with Crippen molar-refractivity contribution < 1.29 is 4.79 Å². The number of carbonyl (C=O) groups excluding carboxylic acids is 1. The van der Waals surface area contributed by atoms with E-state index in [-0.39, 0.29) is 0 Å². The zero-order valence-corrected chi connectivity index (χ0v) is 11.7. The molecule has 2 heteroatoms. The van der Waals surface area contributed by atoms with Gasteiger partial charge in [0.05, 0.1) is 0 Å². The van der Waals surface area contributed by atoms with Gasteiger partial charge in [0.15, 0.2) is 0 Å². The first-order chi connectivity index (χ1) is 9.28. The lowest BCUT2D eigenvalue weighted by Gasteiger charge is -2.11. The summed E-state index contributed by atoms with van der Waals surface area (Å²) in [5.74, 6) is 1.29. The highest BCUT2D eigenvalue weighted by atomic mass is 16.2. The normalized spacial score (nSPS) is 25.1. The summed E-state index contributed by atoms with van der Waals surface area (Å²) in [6.45, 7) is 2.22. The van der Waals surface area contributed by atoms with Crippen molar-refractivity contribution in [2.75, 3.05) is 0 Å². The smallest absolute Gasteiger partial charge is 0.223 e. The quantitative estimate of drug-likeness (QED) is 0.863. The average molecular weight is 257 g/mol. The molecule has 2 aliphatic rings. The van der Waals surface area contributed by atoms with Gasteiger partial charge in [-0.1, -0.05) is 44.0 Å². The molecule has 0 aliphatic heterocycles. The Hall–Kier alpha value is -1.31. The summed E-state index contributed by atoms with van der Waals surface area (Å²) in [5, 5.41) is 3.26. The van der Waals surface area contributed by atoms with Crippen LogP contribution in [-0.2, 0) is 17.6 Å². The van der Waals surface area contributed by atoms with Crippen molar-refractivity contribution in [3.63, 3.8) is 0 Å². The van der Waals surface area contributed by atoms with E-state index in [1.54, 1.807) is 0 Å². The first kappa shape index (κ1) is 12.7. The van der Waals surface area contributed by atoms with Gasteiger partial charge in [0.2, 0.25) is 5.91 Å². The summed E-state index contributed by atoms with van der Waals surface area (Å²) in [4.78, 5) is 12.2. The minimum absolute atomic E-state index is 0.305. The van der Waals surface area contributed by atoms with Crippen LogP contribution in [0.15, 0.2) is 24.3 Å². The van der Waals surface area contributed by atoms with E-state index in [4.69, 9.17) is 0 Å². The zero-order chi connectivity index (χ0) is 13.2. The van der Waals surface area contributed by atoms with E-state index in [9.17, 15) is 4.79 Å². The first-order valence-electron chi connectivity index (χ1n) is 7.65. The molecule has 0 bridgehead atoms. The second-order valence-corrected chi connectivity index (χ2v) is 6.13. The van der Waals surface area contributed by atoms with Crippen molar-refractivity contribution >= 4 is 5.91 Å². The van der Waals surface area contributed by atoms with Gasteiger partial charge in [0.1, 0.15) is 0 Å². The summed E-state index contributed by atoms with van der Waals surface area (Å²) < 4.78 is 0. The zero-order valence-electron chi connectivity index (χ0n) is 11.7. The molecule has 0 saturated heterocycles. The van der Waals surface area contributed by atoms with Crippen LogP contribution in [0.1, 0.15) is 43.7 Å². The van der Waals surface area contributed by atoms with E-state index >= 15 is 0 Å². The summed E-state index contributed by atoms with van der Waals surface area (Å²) >= 11 is 0. The number of amides is 1. The van der Waals surface area contributed by atoms with Crippen molar-refractivity contribution in [3.05, 3.63) is 35.4 Å². The first-order valence-corrected chi connectivity index (χ1v) is 7.65. The molecule has 0 unspecified atom stereocenters. The lowest BCUT2D eigenvalue weighted by molar-refractivity contribution is -0.123. The average Bonchev–Trinajstić information content (AvgIpc) is 3.08. The highest BCUT2D eigenvalue weighted by Crippen LogP contribution is 2.42. The Morgan fingerprint density at radius 3 is 2.58 bits per heavy atom. The number of hydrogen-bond donors (Lipinski definition) is 1. The topological polar surface area (TPSA) is 29.1 Å². The molecular formula is C17H23NO. The molecule has 1 saturated carbocycles. The second-order valence-electron chi connectivity index (χ2n) is 6.13. The minimum atomic E-state index is 0.305. The number of unbranched alkanes of at least 4 members (excludes halogenated alkanes) is 1. The van der Waals surface area contributed by atoms with Crippen LogP contribution in [0.25, 0.3) is 0 Å². The van der Waals surface area contributed by atoms with E-state index < -0.39 is 0 Å². The molecule has 102 valence electrons. The van der Waals surface area contributed by atoms with E-state index in [0.29, 0.717) is 23.8 Å². The third kappa shape index (κ3) is 2.83. The van der Waals surface area contributed by atoms with Crippen molar-refractivity contribution in [1.29, 1.82) is 0 Å². The predicted octanol–water partition coefficient (Wildman–Crippen LogP) is 3.10. The number of carbonyl (C=O) groups is 1. The molecule has 1 N–H and O–H groups in total. The molecule has 0 spiro atoms. The monoisotopic (exact) mass is 257 g/mol. The second kappa shape index (κ2) is 5.36. The number of rotatable bonds is 5. The lowest BCUT2D eigenvalue weighted by Crippen LogP contribution is -2.36. The number of nitrogens with one attached hydrogen (secondary N) is 1. The van der Waals surface area contributed by atoms with Gasteiger partial charge in [-0.2, -0.15) is 0 Å². The fourth-order valence-electron chi connectivity index (χ4n) is 3.32. The number of fused-ring (bicyclic) bond motifs is 1. The molecule has 1 amide bonds. The van der Waals surface area contributed by atoms with Gasteiger partial charge in [0, 0.05) is 12.0 Å². The van der Waals surface area contributed by atoms with E-state index in [2.05, 4.69) is 36.5 Å². The third-order valence-electron chi connectivity index (χ3n) is 4.59.